The summed E-state index contributed by atoms with van der Waals surface area (Å²) in [5.74, 6) is 0. The number of carbonyl (C=O) groups excluding carboxylic acids is 1. The molecule has 0 saturated heterocycles. The summed E-state index contributed by atoms with van der Waals surface area (Å²) < 4.78 is 0.778. The Morgan fingerprint density at radius 3 is 2.93 bits per heavy atom. The van der Waals surface area contributed by atoms with Crippen LogP contribution in [0.15, 0.2) is 34.2 Å². The van der Waals surface area contributed by atoms with Gasteiger partial charge in [0.1, 0.15) is 4.60 Å². The van der Waals surface area contributed by atoms with Crippen LogP contribution in [0.1, 0.15) is 10.4 Å². The zero-order valence-corrected chi connectivity index (χ0v) is 9.51. The van der Waals surface area contributed by atoms with E-state index in [1.165, 1.54) is 11.3 Å². The summed E-state index contributed by atoms with van der Waals surface area (Å²) in [4.78, 5) is 15.9. The van der Waals surface area contributed by atoms with Crippen molar-refractivity contribution in [1.29, 1.82) is 0 Å². The highest BCUT2D eigenvalue weighted by molar-refractivity contribution is 9.10. The molecule has 0 unspecified atom stereocenters. The molecule has 0 aromatic carbocycles. The summed E-state index contributed by atoms with van der Waals surface area (Å²) in [6.45, 7) is 0. The topological polar surface area (TPSA) is 30.0 Å². The number of aldehydes is 1. The van der Waals surface area contributed by atoms with E-state index in [4.69, 9.17) is 0 Å². The Balaban J connectivity index is 2.54. The molecule has 0 N–H and O–H groups in total. The highest BCUT2D eigenvalue weighted by Crippen LogP contribution is 2.27. The summed E-state index contributed by atoms with van der Waals surface area (Å²) in [6.07, 6.45) is 0.856. The lowest BCUT2D eigenvalue weighted by atomic mass is 10.2. The SMILES string of the molecule is O=Cc1ccsc1-c1cccc(Br)n1. The van der Waals surface area contributed by atoms with Gasteiger partial charge in [-0.15, -0.1) is 11.3 Å². The summed E-state index contributed by atoms with van der Waals surface area (Å²) >= 11 is 4.82. The average Bonchev–Trinajstić information content (AvgIpc) is 2.65. The van der Waals surface area contributed by atoms with E-state index in [0.717, 1.165) is 21.5 Å². The van der Waals surface area contributed by atoms with Gasteiger partial charge in [0.05, 0.1) is 10.6 Å². The summed E-state index contributed by atoms with van der Waals surface area (Å²) in [5.41, 5.74) is 1.53. The zero-order valence-electron chi connectivity index (χ0n) is 7.11. The van der Waals surface area contributed by atoms with Crippen LogP contribution in [0.5, 0.6) is 0 Å². The second kappa shape index (κ2) is 4.02. The van der Waals surface area contributed by atoms with E-state index >= 15 is 0 Å². The Morgan fingerprint density at radius 1 is 1.36 bits per heavy atom. The summed E-state index contributed by atoms with van der Waals surface area (Å²) in [5, 5.41) is 1.89. The molecule has 0 amide bonds. The van der Waals surface area contributed by atoms with E-state index in [2.05, 4.69) is 20.9 Å². The lowest BCUT2D eigenvalue weighted by Crippen LogP contribution is -1.84. The molecule has 2 heterocycles. The van der Waals surface area contributed by atoms with E-state index < -0.39 is 0 Å². The lowest BCUT2D eigenvalue weighted by molar-refractivity contribution is 0.112. The molecule has 4 heteroatoms. The van der Waals surface area contributed by atoms with Gasteiger partial charge in [0.25, 0.3) is 0 Å². The first kappa shape index (κ1) is 9.55. The van der Waals surface area contributed by atoms with E-state index in [0.29, 0.717) is 5.56 Å². The molecule has 2 aromatic rings. The molecular formula is C10H6BrNOS. The molecule has 0 saturated carbocycles. The van der Waals surface area contributed by atoms with Crippen LogP contribution in [0.25, 0.3) is 10.6 Å². The maximum Gasteiger partial charge on any atom is 0.151 e. The number of halogens is 1. The predicted molar refractivity (Wildman–Crippen MR) is 60.6 cm³/mol. The van der Waals surface area contributed by atoms with Crippen molar-refractivity contribution in [3.63, 3.8) is 0 Å². The van der Waals surface area contributed by atoms with Crippen molar-refractivity contribution in [2.45, 2.75) is 0 Å². The Bertz CT molecular complexity index is 467. The zero-order chi connectivity index (χ0) is 9.97. The monoisotopic (exact) mass is 267 g/mol. The third-order valence-electron chi connectivity index (χ3n) is 1.77. The van der Waals surface area contributed by atoms with Crippen molar-refractivity contribution >= 4 is 33.6 Å². The summed E-state index contributed by atoms with van der Waals surface area (Å²) in [7, 11) is 0. The maximum atomic E-state index is 10.7. The van der Waals surface area contributed by atoms with Gasteiger partial charge >= 0.3 is 0 Å². The standard InChI is InChI=1S/C10H6BrNOS/c11-9-3-1-2-8(12-9)10-7(6-13)4-5-14-10/h1-6H. The number of hydrogen-bond donors (Lipinski definition) is 0. The maximum absolute atomic E-state index is 10.7. The number of pyridine rings is 1. The van der Waals surface area contributed by atoms with Gasteiger partial charge < -0.3 is 0 Å². The molecule has 0 aliphatic carbocycles. The quantitative estimate of drug-likeness (QED) is 0.617. The molecule has 14 heavy (non-hydrogen) atoms. The number of rotatable bonds is 2. The Morgan fingerprint density at radius 2 is 2.21 bits per heavy atom. The smallest absolute Gasteiger partial charge is 0.151 e. The highest BCUT2D eigenvalue weighted by atomic mass is 79.9. The molecule has 0 bridgehead atoms. The minimum atomic E-state index is 0.695. The molecule has 0 radical (unpaired) electrons. The van der Waals surface area contributed by atoms with Crippen LogP contribution >= 0.6 is 27.3 Å². The van der Waals surface area contributed by atoms with Crippen molar-refractivity contribution in [3.05, 3.63) is 39.8 Å². The van der Waals surface area contributed by atoms with Crippen molar-refractivity contribution in [3.8, 4) is 10.6 Å². The minimum absolute atomic E-state index is 0.695. The predicted octanol–water partition coefficient (Wildman–Crippen LogP) is 3.39. The first-order valence-corrected chi connectivity index (χ1v) is 5.64. The number of hydrogen-bond acceptors (Lipinski definition) is 3. The van der Waals surface area contributed by atoms with Crippen LogP contribution in [0.3, 0.4) is 0 Å². The van der Waals surface area contributed by atoms with Crippen molar-refractivity contribution in [1.82, 2.24) is 4.98 Å². The average molecular weight is 268 g/mol. The molecule has 0 spiro atoms. The fourth-order valence-corrected chi connectivity index (χ4v) is 2.34. The van der Waals surface area contributed by atoms with Crippen LogP contribution in [-0.2, 0) is 0 Å². The molecule has 0 fully saturated rings. The van der Waals surface area contributed by atoms with Crippen LogP contribution < -0.4 is 0 Å². The first-order valence-electron chi connectivity index (χ1n) is 3.97. The fourth-order valence-electron chi connectivity index (χ4n) is 1.15. The molecule has 2 aromatic heterocycles. The lowest BCUT2D eigenvalue weighted by Gasteiger charge is -1.98. The Hall–Kier alpha value is -1.000. The van der Waals surface area contributed by atoms with E-state index in [1.807, 2.05) is 23.6 Å². The molecule has 2 nitrogen and oxygen atoms in total. The van der Waals surface area contributed by atoms with E-state index in [-0.39, 0.29) is 0 Å². The van der Waals surface area contributed by atoms with Gasteiger partial charge in [-0.1, -0.05) is 6.07 Å². The van der Waals surface area contributed by atoms with Gasteiger partial charge in [0, 0.05) is 5.56 Å². The fraction of sp³-hybridized carbons (Fsp3) is 0. The number of aromatic nitrogens is 1. The number of nitrogens with zero attached hydrogens (tertiary/aromatic N) is 1. The van der Waals surface area contributed by atoms with Gasteiger partial charge in [-0.2, -0.15) is 0 Å². The normalized spacial score (nSPS) is 10.1. The van der Waals surface area contributed by atoms with E-state index in [1.54, 1.807) is 6.07 Å². The van der Waals surface area contributed by atoms with Gasteiger partial charge in [0.2, 0.25) is 0 Å². The Labute approximate surface area is 93.7 Å². The third kappa shape index (κ3) is 1.76. The van der Waals surface area contributed by atoms with Gasteiger partial charge in [-0.05, 0) is 39.5 Å². The van der Waals surface area contributed by atoms with Crippen LogP contribution in [-0.4, -0.2) is 11.3 Å². The van der Waals surface area contributed by atoms with Crippen molar-refractivity contribution in [2.24, 2.45) is 0 Å². The molecule has 2 rings (SSSR count). The van der Waals surface area contributed by atoms with Crippen molar-refractivity contribution < 1.29 is 4.79 Å². The second-order valence-electron chi connectivity index (χ2n) is 2.67. The highest BCUT2D eigenvalue weighted by Gasteiger charge is 2.07. The van der Waals surface area contributed by atoms with E-state index in [9.17, 15) is 4.79 Å². The van der Waals surface area contributed by atoms with Crippen LogP contribution in [0, 0.1) is 0 Å². The van der Waals surface area contributed by atoms with Gasteiger partial charge in [-0.25, -0.2) is 4.98 Å². The molecular weight excluding hydrogens is 262 g/mol. The van der Waals surface area contributed by atoms with Gasteiger partial charge in [-0.3, -0.25) is 4.79 Å². The number of thiophene rings is 1. The summed E-state index contributed by atoms with van der Waals surface area (Å²) in [6, 6.07) is 7.46. The molecule has 70 valence electrons. The third-order valence-corrected chi connectivity index (χ3v) is 3.16. The van der Waals surface area contributed by atoms with Gasteiger partial charge in [0.15, 0.2) is 6.29 Å². The van der Waals surface area contributed by atoms with Crippen LogP contribution in [0.4, 0.5) is 0 Å². The Kier molecular flexibility index (Phi) is 2.74. The largest absolute Gasteiger partial charge is 0.298 e. The first-order chi connectivity index (χ1) is 6.81. The van der Waals surface area contributed by atoms with Crippen molar-refractivity contribution in [2.75, 3.05) is 0 Å². The van der Waals surface area contributed by atoms with Crippen LogP contribution in [0.2, 0.25) is 0 Å². The number of carbonyl (C=O) groups is 1. The molecule has 0 atom stereocenters. The molecule has 0 aliphatic heterocycles. The second-order valence-corrected chi connectivity index (χ2v) is 4.40. The minimum Gasteiger partial charge on any atom is -0.298 e. The molecule has 0 aliphatic rings.